The van der Waals surface area contributed by atoms with E-state index in [-0.39, 0.29) is 16.3 Å². The van der Waals surface area contributed by atoms with Gasteiger partial charge in [-0.15, -0.1) is 0 Å². The molecule has 1 atom stereocenters. The van der Waals surface area contributed by atoms with Crippen molar-refractivity contribution in [2.24, 2.45) is 0 Å². The Kier molecular flexibility index (Phi) is 2.22. The van der Waals surface area contributed by atoms with E-state index in [1.165, 1.54) is 11.0 Å². The molecule has 1 aromatic heterocycles. The molecule has 16 heavy (non-hydrogen) atoms. The van der Waals surface area contributed by atoms with Crippen LogP contribution in [0.1, 0.15) is 0 Å². The Hall–Kier alpha value is -1.67. The molecular formula is C14H10FS+. The summed E-state index contributed by atoms with van der Waals surface area (Å²) in [7, 11) is -0.0965. The Balaban J connectivity index is 2.29. The predicted molar refractivity (Wildman–Crippen MR) is 67.7 cm³/mol. The van der Waals surface area contributed by atoms with Crippen molar-refractivity contribution in [2.45, 2.75) is 0 Å². The Morgan fingerprint density at radius 3 is 2.50 bits per heavy atom. The van der Waals surface area contributed by atoms with Crippen LogP contribution in [0.3, 0.4) is 0 Å². The third-order valence-corrected chi connectivity index (χ3v) is 4.61. The van der Waals surface area contributed by atoms with Gasteiger partial charge in [0.15, 0.2) is 9.60 Å². The molecule has 78 valence electrons. The zero-order chi connectivity index (χ0) is 11.0. The van der Waals surface area contributed by atoms with E-state index >= 15 is 0 Å². The lowest BCUT2D eigenvalue weighted by atomic mass is 10.3. The number of hydrogen-bond donors (Lipinski definition) is 0. The summed E-state index contributed by atoms with van der Waals surface area (Å²) in [4.78, 5) is 1.24. The van der Waals surface area contributed by atoms with Crippen LogP contribution in [0.4, 0.5) is 4.39 Å². The van der Waals surface area contributed by atoms with Crippen LogP contribution >= 0.6 is 10.5 Å². The van der Waals surface area contributed by atoms with E-state index in [4.69, 9.17) is 0 Å². The molecule has 1 heterocycles. The van der Waals surface area contributed by atoms with Crippen molar-refractivity contribution in [3.05, 3.63) is 65.8 Å². The average Bonchev–Trinajstić information content (AvgIpc) is 2.73. The molecule has 0 spiro atoms. The summed E-state index contributed by atoms with van der Waals surface area (Å²) >= 11 is 0. The second kappa shape index (κ2) is 3.72. The predicted octanol–water partition coefficient (Wildman–Crippen LogP) is 4.72. The first-order valence-electron chi connectivity index (χ1n) is 5.10. The van der Waals surface area contributed by atoms with Gasteiger partial charge in [0.2, 0.25) is 0 Å². The van der Waals surface area contributed by atoms with Crippen LogP contribution < -0.4 is 0 Å². The zero-order valence-corrected chi connectivity index (χ0v) is 9.38. The summed E-state index contributed by atoms with van der Waals surface area (Å²) in [5.74, 6) is -0.157. The largest absolute Gasteiger partial charge is 0.207 e. The first-order chi connectivity index (χ1) is 7.84. The fourth-order valence-corrected chi connectivity index (χ4v) is 3.74. The number of benzene rings is 2. The van der Waals surface area contributed by atoms with Crippen LogP contribution in [0.25, 0.3) is 15.0 Å². The molecule has 0 saturated carbocycles. The summed E-state index contributed by atoms with van der Waals surface area (Å²) in [5, 5.41) is 3.29. The molecule has 0 bridgehead atoms. The second-order valence-electron chi connectivity index (χ2n) is 3.64. The molecule has 0 aliphatic carbocycles. The average molecular weight is 229 g/mol. The Labute approximate surface area is 95.9 Å². The second-order valence-corrected chi connectivity index (χ2v) is 5.49. The third kappa shape index (κ3) is 1.51. The molecule has 0 nitrogen and oxygen atoms in total. The van der Waals surface area contributed by atoms with E-state index in [1.54, 1.807) is 6.07 Å². The number of thiophene rings is 1. The van der Waals surface area contributed by atoms with Gasteiger partial charge in [-0.2, -0.15) is 0 Å². The Morgan fingerprint density at radius 2 is 1.69 bits per heavy atom. The summed E-state index contributed by atoms with van der Waals surface area (Å²) in [5.41, 5.74) is 0. The van der Waals surface area contributed by atoms with E-state index in [9.17, 15) is 4.39 Å². The van der Waals surface area contributed by atoms with Gasteiger partial charge < -0.3 is 0 Å². The maximum atomic E-state index is 13.2. The van der Waals surface area contributed by atoms with Gasteiger partial charge in [-0.25, -0.2) is 4.39 Å². The molecule has 0 aliphatic heterocycles. The van der Waals surface area contributed by atoms with Gasteiger partial charge in [-0.05, 0) is 24.3 Å². The SMILES string of the molecule is Fc1ccc2cc[s+](-c3ccccc3)c2c1. The lowest BCUT2D eigenvalue weighted by Crippen LogP contribution is -1.72. The van der Waals surface area contributed by atoms with E-state index < -0.39 is 0 Å². The first-order valence-corrected chi connectivity index (χ1v) is 6.39. The lowest BCUT2D eigenvalue weighted by molar-refractivity contribution is 0.630. The van der Waals surface area contributed by atoms with Crippen LogP contribution in [0, 0.1) is 5.82 Å². The number of rotatable bonds is 1. The highest BCUT2D eigenvalue weighted by Crippen LogP contribution is 2.39. The minimum absolute atomic E-state index is 0.0965. The Bertz CT molecular complexity index is 626. The molecular weight excluding hydrogens is 219 g/mol. The van der Waals surface area contributed by atoms with Crippen molar-refractivity contribution < 1.29 is 4.39 Å². The maximum Gasteiger partial charge on any atom is 0.189 e. The van der Waals surface area contributed by atoms with E-state index in [0.717, 1.165) is 10.1 Å². The van der Waals surface area contributed by atoms with E-state index in [2.05, 4.69) is 23.6 Å². The van der Waals surface area contributed by atoms with Gasteiger partial charge in [0.05, 0.1) is 0 Å². The quantitative estimate of drug-likeness (QED) is 0.530. The van der Waals surface area contributed by atoms with Gasteiger partial charge in [-0.3, -0.25) is 0 Å². The summed E-state index contributed by atoms with van der Waals surface area (Å²) < 4.78 is 14.3. The van der Waals surface area contributed by atoms with Crippen LogP contribution in [-0.2, 0) is 0 Å². The highest BCUT2D eigenvalue weighted by atomic mass is 32.2. The molecule has 0 aliphatic rings. The van der Waals surface area contributed by atoms with E-state index in [0.29, 0.717) is 0 Å². The topological polar surface area (TPSA) is 0 Å². The lowest BCUT2D eigenvalue weighted by Gasteiger charge is -1.91. The molecule has 0 amide bonds. The highest BCUT2D eigenvalue weighted by molar-refractivity contribution is 7.43. The van der Waals surface area contributed by atoms with Crippen molar-refractivity contribution in [3.8, 4) is 4.90 Å². The number of fused-ring (bicyclic) bond motifs is 1. The molecule has 0 N–H and O–H groups in total. The van der Waals surface area contributed by atoms with Crippen LogP contribution in [0.5, 0.6) is 0 Å². The van der Waals surface area contributed by atoms with Crippen molar-refractivity contribution in [3.63, 3.8) is 0 Å². The molecule has 3 rings (SSSR count). The number of halogens is 1. The van der Waals surface area contributed by atoms with Gasteiger partial charge >= 0.3 is 0 Å². The minimum Gasteiger partial charge on any atom is -0.207 e. The molecule has 0 saturated heterocycles. The smallest absolute Gasteiger partial charge is 0.189 e. The van der Waals surface area contributed by atoms with E-state index in [1.807, 2.05) is 24.3 Å². The zero-order valence-electron chi connectivity index (χ0n) is 8.56. The van der Waals surface area contributed by atoms with Crippen LogP contribution in [-0.4, -0.2) is 0 Å². The molecule has 2 heteroatoms. The third-order valence-electron chi connectivity index (χ3n) is 2.59. The van der Waals surface area contributed by atoms with Crippen molar-refractivity contribution >= 4 is 20.6 Å². The molecule has 0 radical (unpaired) electrons. The first kappa shape index (κ1) is 9.55. The van der Waals surface area contributed by atoms with Crippen LogP contribution in [0.2, 0.25) is 0 Å². The summed E-state index contributed by atoms with van der Waals surface area (Å²) in [6.45, 7) is 0. The molecule has 0 fully saturated rings. The van der Waals surface area contributed by atoms with Gasteiger partial charge in [0.25, 0.3) is 0 Å². The fraction of sp³-hybridized carbons (Fsp3) is 0. The summed E-state index contributed by atoms with van der Waals surface area (Å²) in [6.07, 6.45) is 0. The Morgan fingerprint density at radius 1 is 0.875 bits per heavy atom. The minimum atomic E-state index is -0.157. The van der Waals surface area contributed by atoms with Crippen molar-refractivity contribution in [2.75, 3.05) is 0 Å². The number of hydrogen-bond acceptors (Lipinski definition) is 0. The van der Waals surface area contributed by atoms with Gasteiger partial charge in [0.1, 0.15) is 11.2 Å². The monoisotopic (exact) mass is 229 g/mol. The normalized spacial score (nSPS) is 11.9. The molecule has 3 aromatic rings. The van der Waals surface area contributed by atoms with Crippen molar-refractivity contribution in [1.29, 1.82) is 0 Å². The van der Waals surface area contributed by atoms with Crippen LogP contribution in [0.15, 0.2) is 60.0 Å². The molecule has 2 aromatic carbocycles. The van der Waals surface area contributed by atoms with Crippen molar-refractivity contribution in [1.82, 2.24) is 0 Å². The van der Waals surface area contributed by atoms with Gasteiger partial charge in [0, 0.05) is 28.0 Å². The fourth-order valence-electron chi connectivity index (χ4n) is 1.82. The maximum absolute atomic E-state index is 13.2. The molecule has 1 unspecified atom stereocenters. The summed E-state index contributed by atoms with van der Waals surface area (Å²) in [6, 6.07) is 17.3. The standard InChI is InChI=1S/C14H10FS/c15-12-7-6-11-8-9-16(14(11)10-12)13-4-2-1-3-5-13/h1-10H/q+1. The highest BCUT2D eigenvalue weighted by Gasteiger charge is 2.15. The van der Waals surface area contributed by atoms with Gasteiger partial charge in [-0.1, -0.05) is 18.2 Å².